The third-order valence-corrected chi connectivity index (χ3v) is 3.22. The monoisotopic (exact) mass is 248 g/mol. The maximum absolute atomic E-state index is 12.1. The van der Waals surface area contributed by atoms with Crippen molar-refractivity contribution in [1.29, 1.82) is 0 Å². The van der Waals surface area contributed by atoms with Crippen LogP contribution in [0.15, 0.2) is 24.3 Å². The summed E-state index contributed by atoms with van der Waals surface area (Å²) in [4.78, 5) is 12.1. The molecule has 0 aliphatic carbocycles. The third kappa shape index (κ3) is 3.84. The Morgan fingerprint density at radius 3 is 2.28 bits per heavy atom. The zero-order valence-electron chi connectivity index (χ0n) is 11.8. The molecule has 3 N–H and O–H groups in total. The van der Waals surface area contributed by atoms with E-state index in [2.05, 4.69) is 31.3 Å². The number of amides is 1. The second-order valence-corrected chi connectivity index (χ2v) is 5.65. The SMILES string of the molecule is CC(C)c1ccc(NC(=O)C(C)(C)CCN)cc1. The molecular formula is C15H24N2O. The molecule has 3 nitrogen and oxygen atoms in total. The number of rotatable bonds is 5. The van der Waals surface area contributed by atoms with Gasteiger partial charge in [0.25, 0.3) is 0 Å². The zero-order valence-corrected chi connectivity index (χ0v) is 11.8. The Balaban J connectivity index is 2.70. The average molecular weight is 248 g/mol. The van der Waals surface area contributed by atoms with Gasteiger partial charge in [0.15, 0.2) is 0 Å². The van der Waals surface area contributed by atoms with Gasteiger partial charge in [-0.3, -0.25) is 4.79 Å². The largest absolute Gasteiger partial charge is 0.330 e. The van der Waals surface area contributed by atoms with Crippen LogP contribution in [-0.4, -0.2) is 12.5 Å². The number of nitrogens with two attached hydrogens (primary N) is 1. The lowest BCUT2D eigenvalue weighted by Crippen LogP contribution is -2.32. The van der Waals surface area contributed by atoms with E-state index in [1.54, 1.807) is 0 Å². The zero-order chi connectivity index (χ0) is 13.8. The van der Waals surface area contributed by atoms with Crippen LogP contribution in [0.4, 0.5) is 5.69 Å². The van der Waals surface area contributed by atoms with Crippen LogP contribution in [0.2, 0.25) is 0 Å². The van der Waals surface area contributed by atoms with E-state index >= 15 is 0 Å². The van der Waals surface area contributed by atoms with Crippen molar-refractivity contribution in [2.45, 2.75) is 40.0 Å². The van der Waals surface area contributed by atoms with Gasteiger partial charge in [0, 0.05) is 11.1 Å². The van der Waals surface area contributed by atoms with Crippen LogP contribution >= 0.6 is 0 Å². The number of nitrogens with one attached hydrogen (secondary N) is 1. The number of carbonyl (C=O) groups is 1. The molecule has 1 amide bonds. The minimum Gasteiger partial charge on any atom is -0.330 e. The minimum absolute atomic E-state index is 0.0187. The lowest BCUT2D eigenvalue weighted by Gasteiger charge is -2.22. The smallest absolute Gasteiger partial charge is 0.230 e. The molecule has 18 heavy (non-hydrogen) atoms. The van der Waals surface area contributed by atoms with Crippen molar-refractivity contribution in [2.75, 3.05) is 11.9 Å². The lowest BCUT2D eigenvalue weighted by molar-refractivity contribution is -0.124. The Hall–Kier alpha value is -1.35. The Bertz CT molecular complexity index is 393. The molecule has 0 unspecified atom stereocenters. The van der Waals surface area contributed by atoms with Gasteiger partial charge in [-0.25, -0.2) is 0 Å². The van der Waals surface area contributed by atoms with Gasteiger partial charge in [-0.1, -0.05) is 39.8 Å². The van der Waals surface area contributed by atoms with E-state index in [-0.39, 0.29) is 5.91 Å². The van der Waals surface area contributed by atoms with Crippen molar-refractivity contribution >= 4 is 11.6 Å². The molecule has 0 heterocycles. The summed E-state index contributed by atoms with van der Waals surface area (Å²) >= 11 is 0. The molecular weight excluding hydrogens is 224 g/mol. The molecule has 1 aromatic rings. The molecule has 0 bridgehead atoms. The standard InChI is InChI=1S/C15H24N2O/c1-11(2)12-5-7-13(8-6-12)17-14(18)15(3,4)9-10-16/h5-8,11H,9-10,16H2,1-4H3,(H,17,18). The van der Waals surface area contributed by atoms with Gasteiger partial charge in [0.1, 0.15) is 0 Å². The fourth-order valence-corrected chi connectivity index (χ4v) is 1.73. The molecule has 3 heteroatoms. The third-order valence-electron chi connectivity index (χ3n) is 3.22. The molecule has 1 aromatic carbocycles. The van der Waals surface area contributed by atoms with E-state index in [0.717, 1.165) is 5.69 Å². The normalized spacial score (nSPS) is 11.7. The van der Waals surface area contributed by atoms with E-state index in [1.165, 1.54) is 5.56 Å². The molecule has 0 spiro atoms. The fraction of sp³-hybridized carbons (Fsp3) is 0.533. The van der Waals surface area contributed by atoms with Gasteiger partial charge >= 0.3 is 0 Å². The molecule has 0 radical (unpaired) electrons. The molecule has 0 atom stereocenters. The van der Waals surface area contributed by atoms with E-state index < -0.39 is 5.41 Å². The van der Waals surface area contributed by atoms with E-state index in [0.29, 0.717) is 18.9 Å². The summed E-state index contributed by atoms with van der Waals surface area (Å²) in [6.45, 7) is 8.65. The van der Waals surface area contributed by atoms with Gasteiger partial charge in [-0.15, -0.1) is 0 Å². The van der Waals surface area contributed by atoms with Crippen molar-refractivity contribution in [3.05, 3.63) is 29.8 Å². The topological polar surface area (TPSA) is 55.1 Å². The molecule has 1 rings (SSSR count). The van der Waals surface area contributed by atoms with Crippen molar-refractivity contribution in [2.24, 2.45) is 11.1 Å². The van der Waals surface area contributed by atoms with Crippen molar-refractivity contribution in [3.8, 4) is 0 Å². The van der Waals surface area contributed by atoms with E-state index in [4.69, 9.17) is 5.73 Å². The number of carbonyl (C=O) groups excluding carboxylic acids is 1. The van der Waals surface area contributed by atoms with Gasteiger partial charge in [0.2, 0.25) is 5.91 Å². The van der Waals surface area contributed by atoms with Crippen LogP contribution < -0.4 is 11.1 Å². The summed E-state index contributed by atoms with van der Waals surface area (Å²) < 4.78 is 0. The molecule has 0 aliphatic rings. The van der Waals surface area contributed by atoms with Crippen LogP contribution in [-0.2, 0) is 4.79 Å². The van der Waals surface area contributed by atoms with Crippen LogP contribution in [0.1, 0.15) is 45.6 Å². The van der Waals surface area contributed by atoms with Crippen molar-refractivity contribution < 1.29 is 4.79 Å². The number of anilines is 1. The first-order chi connectivity index (χ1) is 8.36. The van der Waals surface area contributed by atoms with Crippen molar-refractivity contribution in [1.82, 2.24) is 0 Å². The summed E-state index contributed by atoms with van der Waals surface area (Å²) in [7, 11) is 0. The number of benzene rings is 1. The fourth-order valence-electron chi connectivity index (χ4n) is 1.73. The maximum Gasteiger partial charge on any atom is 0.230 e. The molecule has 0 aromatic heterocycles. The quantitative estimate of drug-likeness (QED) is 0.841. The van der Waals surface area contributed by atoms with Gasteiger partial charge in [0.05, 0.1) is 0 Å². The van der Waals surface area contributed by atoms with Gasteiger partial charge < -0.3 is 11.1 Å². The first kappa shape index (κ1) is 14.7. The van der Waals surface area contributed by atoms with Crippen molar-refractivity contribution in [3.63, 3.8) is 0 Å². The molecule has 100 valence electrons. The van der Waals surface area contributed by atoms with Crippen LogP contribution in [0.5, 0.6) is 0 Å². The van der Waals surface area contributed by atoms with E-state index in [9.17, 15) is 4.79 Å². The predicted octanol–water partition coefficient (Wildman–Crippen LogP) is 3.12. The summed E-state index contributed by atoms with van der Waals surface area (Å²) in [6, 6.07) is 8.00. The second kappa shape index (κ2) is 6.01. The first-order valence-electron chi connectivity index (χ1n) is 6.48. The molecule has 0 fully saturated rings. The Kier molecular flexibility index (Phi) is 4.91. The first-order valence-corrected chi connectivity index (χ1v) is 6.48. The maximum atomic E-state index is 12.1. The predicted molar refractivity (Wildman–Crippen MR) is 76.6 cm³/mol. The lowest BCUT2D eigenvalue weighted by atomic mass is 9.88. The Labute approximate surface area is 110 Å². The highest BCUT2D eigenvalue weighted by Crippen LogP contribution is 2.23. The van der Waals surface area contributed by atoms with Gasteiger partial charge in [-0.05, 0) is 36.6 Å². The van der Waals surface area contributed by atoms with Gasteiger partial charge in [-0.2, -0.15) is 0 Å². The molecule has 0 aliphatic heterocycles. The highest BCUT2D eigenvalue weighted by Gasteiger charge is 2.26. The average Bonchev–Trinajstić information content (AvgIpc) is 2.29. The number of hydrogen-bond donors (Lipinski definition) is 2. The Morgan fingerprint density at radius 1 is 1.28 bits per heavy atom. The highest BCUT2D eigenvalue weighted by atomic mass is 16.2. The van der Waals surface area contributed by atoms with E-state index in [1.807, 2.05) is 26.0 Å². The number of hydrogen-bond acceptors (Lipinski definition) is 2. The summed E-state index contributed by atoms with van der Waals surface area (Å²) in [6.07, 6.45) is 0.683. The summed E-state index contributed by atoms with van der Waals surface area (Å²) in [5.74, 6) is 0.522. The second-order valence-electron chi connectivity index (χ2n) is 5.65. The van der Waals surface area contributed by atoms with Crippen LogP contribution in [0.3, 0.4) is 0 Å². The van der Waals surface area contributed by atoms with Crippen LogP contribution in [0.25, 0.3) is 0 Å². The highest BCUT2D eigenvalue weighted by molar-refractivity contribution is 5.94. The molecule has 0 saturated carbocycles. The molecule has 0 saturated heterocycles. The summed E-state index contributed by atoms with van der Waals surface area (Å²) in [5, 5.41) is 2.94. The summed E-state index contributed by atoms with van der Waals surface area (Å²) in [5.41, 5.74) is 7.21. The Morgan fingerprint density at radius 2 is 1.83 bits per heavy atom. The minimum atomic E-state index is -0.425. The van der Waals surface area contributed by atoms with Crippen LogP contribution in [0, 0.1) is 5.41 Å².